The predicted octanol–water partition coefficient (Wildman–Crippen LogP) is 3.21. The van der Waals surface area contributed by atoms with Gasteiger partial charge < -0.3 is 4.98 Å². The molecular weight excluding hydrogens is 321 g/mol. The molecule has 0 bridgehead atoms. The minimum atomic E-state index is -3.83. The molecule has 20 heavy (non-hydrogen) atoms. The molecule has 8 heteroatoms. The Bertz CT molecular complexity index is 892. The Morgan fingerprint density at radius 3 is 2.50 bits per heavy atom. The zero-order valence-corrected chi connectivity index (χ0v) is 12.2. The van der Waals surface area contributed by atoms with Crippen LogP contribution in [0, 0.1) is 0 Å². The molecule has 5 nitrogen and oxygen atoms in total. The topological polar surface area (TPSA) is 75.7 Å². The summed E-state index contributed by atoms with van der Waals surface area (Å²) in [5.74, 6) is 0. The van der Waals surface area contributed by atoms with Crippen LogP contribution in [0.1, 0.15) is 0 Å². The molecule has 0 atom stereocenters. The Balaban J connectivity index is 2.39. The molecule has 102 valence electrons. The number of hydrogen-bond donors (Lipinski definition) is 1. The zero-order valence-electron chi connectivity index (χ0n) is 9.84. The molecule has 0 radical (unpaired) electrons. The molecule has 0 spiro atoms. The van der Waals surface area contributed by atoms with Gasteiger partial charge in [0.05, 0.1) is 10.5 Å². The summed E-state index contributed by atoms with van der Waals surface area (Å²) >= 11 is 6.20. The lowest BCUT2D eigenvalue weighted by Gasteiger charge is -2.05. The van der Waals surface area contributed by atoms with Gasteiger partial charge in [-0.05, 0) is 12.1 Å². The van der Waals surface area contributed by atoms with E-state index in [-0.39, 0.29) is 4.90 Å². The lowest BCUT2D eigenvalue weighted by Crippen LogP contribution is -1.89. The summed E-state index contributed by atoms with van der Waals surface area (Å²) in [5.41, 5.74) is 1.89. The van der Waals surface area contributed by atoms with Crippen LogP contribution in [0.2, 0.25) is 5.02 Å². The van der Waals surface area contributed by atoms with E-state index >= 15 is 0 Å². The van der Waals surface area contributed by atoms with E-state index in [2.05, 4.69) is 15.0 Å². The van der Waals surface area contributed by atoms with Gasteiger partial charge in [-0.15, -0.1) is 0 Å². The molecule has 3 aromatic rings. The number of nitrogens with one attached hydrogen (secondary N) is 1. The lowest BCUT2D eigenvalue weighted by molar-refractivity contribution is 0.610. The van der Waals surface area contributed by atoms with E-state index in [0.717, 1.165) is 0 Å². The van der Waals surface area contributed by atoms with Crippen LogP contribution < -0.4 is 0 Å². The van der Waals surface area contributed by atoms with Crippen LogP contribution in [-0.4, -0.2) is 23.4 Å². The van der Waals surface area contributed by atoms with Crippen molar-refractivity contribution in [3.05, 3.63) is 42.1 Å². The van der Waals surface area contributed by atoms with Crippen molar-refractivity contribution in [2.45, 2.75) is 4.90 Å². The van der Waals surface area contributed by atoms with Crippen molar-refractivity contribution in [3.8, 4) is 11.1 Å². The highest BCUT2D eigenvalue weighted by Crippen LogP contribution is 2.37. The first kappa shape index (κ1) is 13.4. The first-order valence-electron chi connectivity index (χ1n) is 5.48. The van der Waals surface area contributed by atoms with Crippen LogP contribution in [0.15, 0.2) is 41.9 Å². The van der Waals surface area contributed by atoms with Gasteiger partial charge in [0.2, 0.25) is 0 Å². The normalized spacial score (nSPS) is 11.9. The highest BCUT2D eigenvalue weighted by Gasteiger charge is 2.19. The Labute approximate surface area is 124 Å². The zero-order chi connectivity index (χ0) is 14.3. The van der Waals surface area contributed by atoms with Crippen molar-refractivity contribution in [3.63, 3.8) is 0 Å². The SMILES string of the molecule is O=S(=O)(Cl)c1c[nH]c2c(-c3cncnc3)c(Cl)ccc12. The third-order valence-electron chi connectivity index (χ3n) is 2.88. The average Bonchev–Trinajstić information content (AvgIpc) is 2.83. The molecule has 1 N–H and O–H groups in total. The number of halogens is 2. The van der Waals surface area contributed by atoms with E-state index in [1.807, 2.05) is 0 Å². The fourth-order valence-corrected chi connectivity index (χ4v) is 3.34. The van der Waals surface area contributed by atoms with Crippen molar-refractivity contribution < 1.29 is 8.42 Å². The first-order valence-corrected chi connectivity index (χ1v) is 8.17. The molecule has 0 fully saturated rings. The van der Waals surface area contributed by atoms with E-state index in [9.17, 15) is 8.42 Å². The molecule has 3 rings (SSSR count). The van der Waals surface area contributed by atoms with Gasteiger partial charge in [0.25, 0.3) is 9.05 Å². The van der Waals surface area contributed by atoms with Crippen molar-refractivity contribution in [2.75, 3.05) is 0 Å². The highest BCUT2D eigenvalue weighted by molar-refractivity contribution is 8.14. The number of fused-ring (bicyclic) bond motifs is 1. The highest BCUT2D eigenvalue weighted by atomic mass is 35.7. The Morgan fingerprint density at radius 1 is 1.15 bits per heavy atom. The summed E-state index contributed by atoms with van der Waals surface area (Å²) in [7, 11) is 1.58. The van der Waals surface area contributed by atoms with Gasteiger partial charge in [-0.3, -0.25) is 0 Å². The first-order chi connectivity index (χ1) is 9.48. The quantitative estimate of drug-likeness (QED) is 0.733. The maximum Gasteiger partial charge on any atom is 0.263 e. The third-order valence-corrected chi connectivity index (χ3v) is 4.56. The summed E-state index contributed by atoms with van der Waals surface area (Å²) in [6.07, 6.45) is 5.95. The average molecular weight is 328 g/mol. The Hall–Kier alpha value is -1.63. The fraction of sp³-hybridized carbons (Fsp3) is 0. The molecule has 2 heterocycles. The van der Waals surface area contributed by atoms with Gasteiger partial charge in [0, 0.05) is 45.8 Å². The van der Waals surface area contributed by atoms with Crippen molar-refractivity contribution in [2.24, 2.45) is 0 Å². The molecule has 0 saturated heterocycles. The van der Waals surface area contributed by atoms with E-state index in [4.69, 9.17) is 22.3 Å². The second kappa shape index (κ2) is 4.73. The minimum Gasteiger partial charge on any atom is -0.359 e. The van der Waals surface area contributed by atoms with Gasteiger partial charge in [-0.2, -0.15) is 0 Å². The number of rotatable bonds is 2. The molecule has 0 aliphatic heterocycles. The Morgan fingerprint density at radius 2 is 1.85 bits per heavy atom. The van der Waals surface area contributed by atoms with Gasteiger partial charge in [0.1, 0.15) is 11.2 Å². The maximum absolute atomic E-state index is 11.5. The van der Waals surface area contributed by atoms with E-state index in [0.29, 0.717) is 27.1 Å². The standard InChI is InChI=1S/C12H7Cl2N3O2S/c13-9-2-1-8-10(20(14,18)19)5-17-12(8)11(9)7-3-15-6-16-4-7/h1-6,17H. The summed E-state index contributed by atoms with van der Waals surface area (Å²) in [6, 6.07) is 3.22. The molecule has 1 aromatic carbocycles. The van der Waals surface area contributed by atoms with E-state index in [1.165, 1.54) is 12.5 Å². The summed E-state index contributed by atoms with van der Waals surface area (Å²) < 4.78 is 23.1. The van der Waals surface area contributed by atoms with Crippen molar-refractivity contribution in [1.29, 1.82) is 0 Å². The van der Waals surface area contributed by atoms with E-state index in [1.54, 1.807) is 24.5 Å². The third kappa shape index (κ3) is 2.15. The number of aromatic nitrogens is 3. The minimum absolute atomic E-state index is 0.0175. The maximum atomic E-state index is 11.5. The summed E-state index contributed by atoms with van der Waals surface area (Å²) in [4.78, 5) is 10.8. The summed E-state index contributed by atoms with van der Waals surface area (Å²) in [6.45, 7) is 0. The van der Waals surface area contributed by atoms with Gasteiger partial charge in [-0.25, -0.2) is 18.4 Å². The number of nitrogens with zero attached hydrogens (tertiary/aromatic N) is 2. The van der Waals surface area contributed by atoms with Gasteiger partial charge in [-0.1, -0.05) is 11.6 Å². The lowest BCUT2D eigenvalue weighted by atomic mass is 10.1. The van der Waals surface area contributed by atoms with Crippen LogP contribution in [0.5, 0.6) is 0 Å². The fourth-order valence-electron chi connectivity index (χ4n) is 2.06. The van der Waals surface area contributed by atoms with Crippen molar-refractivity contribution in [1.82, 2.24) is 15.0 Å². The van der Waals surface area contributed by atoms with Crippen molar-refractivity contribution >= 4 is 42.2 Å². The summed E-state index contributed by atoms with van der Waals surface area (Å²) in [5, 5.41) is 0.941. The van der Waals surface area contributed by atoms with E-state index < -0.39 is 9.05 Å². The molecule has 0 saturated carbocycles. The number of benzene rings is 1. The predicted molar refractivity (Wildman–Crippen MR) is 77.4 cm³/mol. The molecule has 0 aliphatic carbocycles. The van der Waals surface area contributed by atoms with Gasteiger partial charge >= 0.3 is 0 Å². The molecule has 0 aliphatic rings. The van der Waals surface area contributed by atoms with Gasteiger partial charge in [0.15, 0.2) is 0 Å². The van der Waals surface area contributed by atoms with Crippen LogP contribution >= 0.6 is 22.3 Å². The Kier molecular flexibility index (Phi) is 3.16. The second-order valence-corrected chi connectivity index (χ2v) is 7.00. The number of hydrogen-bond acceptors (Lipinski definition) is 4. The van der Waals surface area contributed by atoms with Crippen LogP contribution in [0.4, 0.5) is 0 Å². The molecular formula is C12H7Cl2N3O2S. The largest absolute Gasteiger partial charge is 0.359 e. The number of H-pyrrole nitrogens is 1. The van der Waals surface area contributed by atoms with Crippen LogP contribution in [0.25, 0.3) is 22.0 Å². The van der Waals surface area contributed by atoms with Crippen LogP contribution in [0.3, 0.4) is 0 Å². The smallest absolute Gasteiger partial charge is 0.263 e. The molecule has 2 aromatic heterocycles. The monoisotopic (exact) mass is 327 g/mol. The van der Waals surface area contributed by atoms with Crippen LogP contribution in [-0.2, 0) is 9.05 Å². The number of aromatic amines is 1. The molecule has 0 amide bonds. The second-order valence-electron chi connectivity index (χ2n) is 4.06. The molecule has 0 unspecified atom stereocenters.